The molecule has 672 valence electrons. The Balaban J connectivity index is -0.0000000485. The lowest BCUT2D eigenvalue weighted by atomic mass is 9.87. The lowest BCUT2D eigenvalue weighted by Gasteiger charge is -2.43. The Morgan fingerprint density at radius 2 is 0.818 bits per heavy atom. The number of esters is 2. The van der Waals surface area contributed by atoms with Crippen LogP contribution in [0.25, 0.3) is 0 Å². The number of ketones is 4. The Bertz CT molecular complexity index is 2280. The van der Waals surface area contributed by atoms with Crippen LogP contribution in [0.1, 0.15) is 301 Å². The van der Waals surface area contributed by atoms with Crippen molar-refractivity contribution in [2.75, 3.05) is 86.7 Å². The third-order valence-corrected chi connectivity index (χ3v) is 20.6. The first-order chi connectivity index (χ1) is 46.0. The minimum absolute atomic E-state index is 0. The van der Waals surface area contributed by atoms with E-state index in [2.05, 4.69) is 203 Å². The van der Waals surface area contributed by atoms with Crippen molar-refractivity contribution >= 4 is 110 Å². The van der Waals surface area contributed by atoms with Gasteiger partial charge in [-0.2, -0.15) is 11.8 Å². The zero-order valence-corrected chi connectivity index (χ0v) is 77.0. The molecule has 17 nitrogen and oxygen atoms in total. The van der Waals surface area contributed by atoms with E-state index >= 15 is 0 Å². The molecule has 2 aliphatic heterocycles. The molecule has 2 aromatic rings. The van der Waals surface area contributed by atoms with Crippen LogP contribution in [0.3, 0.4) is 0 Å². The number of ether oxygens (including phenoxy) is 7. The molecule has 0 bridgehead atoms. The van der Waals surface area contributed by atoms with Crippen LogP contribution >= 0.6 is 47.0 Å². The molecule has 3 aliphatic rings. The predicted molar refractivity (Wildman–Crippen MR) is 502 cm³/mol. The highest BCUT2D eigenvalue weighted by molar-refractivity contribution is 7.97. The molecule has 1 unspecified atom stereocenters. The van der Waals surface area contributed by atoms with Crippen molar-refractivity contribution in [2.24, 2.45) is 16.2 Å². The molecule has 0 amide bonds. The van der Waals surface area contributed by atoms with Gasteiger partial charge >= 0.3 is 11.9 Å². The van der Waals surface area contributed by atoms with Crippen LogP contribution < -0.4 is 0 Å². The molecule has 1 atom stereocenters. The Kier molecular flexibility index (Phi) is 130. The van der Waals surface area contributed by atoms with Crippen molar-refractivity contribution in [3.63, 3.8) is 0 Å². The van der Waals surface area contributed by atoms with Crippen LogP contribution in [-0.2, 0) is 91.5 Å². The van der Waals surface area contributed by atoms with E-state index in [-0.39, 0.29) is 127 Å². The number of Topliss-reactive ketones (excluding diaryl/α,β-unsaturated/α-hetero) is 4. The molecule has 2 heterocycles. The average molecular weight is 1720 g/mol. The van der Waals surface area contributed by atoms with Crippen molar-refractivity contribution in [3.8, 4) is 0 Å². The highest BCUT2D eigenvalue weighted by Gasteiger charge is 2.41. The fraction of sp³-hybridized carbons (Fsp3) is 0.767. The maximum atomic E-state index is 11.5. The Morgan fingerprint density at radius 3 is 0.991 bits per heavy atom. The molecular formula is C86H186Cl2O17S3Si2. The summed E-state index contributed by atoms with van der Waals surface area (Å²) >= 11 is 12.5. The standard InChI is InChI=1S/C11H20O4.C11H12O.C10H14.C8H22OSi2.C5H8O4.C5H8O2.2C5H12.C4H6Cl2.C3H6O.C2H6O2S.C2H6OS.C2H6O.C2H6S.C2H6.9CH4/c1-3-9-12-5-11(6-13-9)7-14-10(4-2)15-8-11;1-11(2)7-10(12)8-5-3-4-6-9(8)11;1-10(2,3)9-7-5-4-6-8-9;1-7-10(3,4)9-11(5,6)8-2;1-4(6)8-3-9-5(2)7;1-4(6)3-5(2)7;2*1-5(2,3)4;1-3(2)4(5)6;1-3(2)4;1-4-5(2)3;1-3-4-2;2*1-3-2;1-2;;;;;;;;;/h9-10H,3-8H2,1-2H3;3-6H,7H2,1-2H3;4-8H,1-3H3;7-8H2,1-6H3;3H2,1-2H3;3H2,1-2H3;2*1-4H3;1-2H3;1-2H3;1-2H3;1-2H3;2*1-2H3;1-2H3;9*1H4. The summed E-state index contributed by atoms with van der Waals surface area (Å²) in [6.45, 7) is 64.8. The summed E-state index contributed by atoms with van der Waals surface area (Å²) in [6, 6.07) is 20.9. The fourth-order valence-electron chi connectivity index (χ4n) is 6.18. The summed E-state index contributed by atoms with van der Waals surface area (Å²) in [5.41, 5.74) is 5.75. The summed E-state index contributed by atoms with van der Waals surface area (Å²) in [5.74, 6) is -0.594. The Hall–Kier alpha value is -2.66. The minimum Gasteiger partial charge on any atom is -0.456 e. The number of hydrogen-bond donors (Lipinski definition) is 0. The third kappa shape index (κ3) is 129. The maximum Gasteiger partial charge on any atom is 0.305 e. The number of fused-ring (bicyclic) bond motifs is 1. The maximum absolute atomic E-state index is 11.5. The van der Waals surface area contributed by atoms with Gasteiger partial charge in [0.05, 0.1) is 52.5 Å². The second-order valence-corrected chi connectivity index (χ2v) is 42.1. The van der Waals surface area contributed by atoms with Gasteiger partial charge in [0.15, 0.2) is 46.1 Å². The van der Waals surface area contributed by atoms with Gasteiger partial charge in [0.2, 0.25) is 6.79 Å². The van der Waals surface area contributed by atoms with E-state index < -0.39 is 39.7 Å². The first-order valence-corrected chi connectivity index (χ1v) is 45.5. The number of carbonyl (C=O) groups excluding carboxylic acids is 6. The molecular weight excluding hydrogens is 1530 g/mol. The average Bonchev–Trinajstić information content (AvgIpc) is 1.61. The first kappa shape index (κ1) is 156. The van der Waals surface area contributed by atoms with Gasteiger partial charge < -0.3 is 46.3 Å². The van der Waals surface area contributed by atoms with Crippen molar-refractivity contribution in [2.45, 2.75) is 341 Å². The summed E-state index contributed by atoms with van der Waals surface area (Å²) in [7, 11) is 3.75. The van der Waals surface area contributed by atoms with Gasteiger partial charge in [0.1, 0.15) is 21.8 Å². The van der Waals surface area contributed by atoms with Gasteiger partial charge in [-0.25, -0.2) is 4.21 Å². The second kappa shape index (κ2) is 91.9. The number of allylic oxidation sites excluding steroid dienone is 1. The summed E-state index contributed by atoms with van der Waals surface area (Å²) in [5, 5.41) is 0. The van der Waals surface area contributed by atoms with E-state index in [4.69, 9.17) is 46.3 Å². The van der Waals surface area contributed by atoms with Gasteiger partial charge in [-0.05, 0) is 156 Å². The zero-order valence-electron chi connectivity index (χ0n) is 71.0. The first-order valence-electron chi connectivity index (χ1n) is 34.3. The van der Waals surface area contributed by atoms with Gasteiger partial charge in [0, 0.05) is 52.6 Å². The molecule has 2 aromatic carbocycles. The van der Waals surface area contributed by atoms with Crippen molar-refractivity contribution < 1.29 is 78.6 Å². The van der Waals surface area contributed by atoms with Crippen LogP contribution in [0.15, 0.2) is 64.7 Å². The zero-order chi connectivity index (χ0) is 82.2. The molecule has 0 radical (unpaired) electrons. The third-order valence-electron chi connectivity index (χ3n) is 11.2. The topological polar surface area (TPSA) is 212 Å². The predicted octanol–water partition coefficient (Wildman–Crippen LogP) is 27.4. The van der Waals surface area contributed by atoms with Crippen LogP contribution in [0, 0.1) is 16.2 Å². The second-order valence-electron chi connectivity index (χ2n) is 29.3. The van der Waals surface area contributed by atoms with E-state index in [1.807, 2.05) is 64.7 Å². The van der Waals surface area contributed by atoms with E-state index in [0.717, 1.165) is 24.0 Å². The van der Waals surface area contributed by atoms with E-state index in [0.29, 0.717) is 53.6 Å². The van der Waals surface area contributed by atoms with E-state index in [9.17, 15) is 33.0 Å². The van der Waals surface area contributed by atoms with Crippen molar-refractivity contribution in [3.05, 3.63) is 81.4 Å². The smallest absolute Gasteiger partial charge is 0.305 e. The summed E-state index contributed by atoms with van der Waals surface area (Å²) < 4.78 is 60.2. The van der Waals surface area contributed by atoms with Crippen molar-refractivity contribution in [1.29, 1.82) is 0 Å². The number of benzene rings is 2. The van der Waals surface area contributed by atoms with Crippen LogP contribution in [-0.4, -0.2) is 155 Å². The molecule has 1 aliphatic carbocycles. The minimum atomic E-state index is -1.27. The molecule has 2 fully saturated rings. The monoisotopic (exact) mass is 1710 g/mol. The lowest BCUT2D eigenvalue weighted by Crippen LogP contribution is -2.52. The molecule has 5 rings (SSSR count). The SMILES string of the molecule is C.C.C.C.C.C.C.C.C.CC.CC(=O)CC(C)=O.CC(=O)OCOC(C)=O.CC(C)(C)C.CC(C)(C)C.CC(C)(C)c1ccccc1.CC(C)=C(Cl)Cl.CC(C)=O.CC1(C)CC(=O)c2ccccc21.CCC1OCC2(CO1)COC(CC)OC2.CC[Si](C)(C)O[Si](C)(C)CC.COC.COS(C)=O.COSC.CSC. The van der Waals surface area contributed by atoms with Crippen LogP contribution in [0.4, 0.5) is 0 Å². The molecule has 0 saturated carbocycles. The van der Waals surface area contributed by atoms with Crippen LogP contribution in [0.2, 0.25) is 38.3 Å². The summed E-state index contributed by atoms with van der Waals surface area (Å²) in [4.78, 5) is 61.0. The van der Waals surface area contributed by atoms with E-state index in [1.165, 1.54) is 90.2 Å². The van der Waals surface area contributed by atoms with Gasteiger partial charge in [-0.3, -0.25) is 28.2 Å². The highest BCUT2D eigenvalue weighted by Crippen LogP contribution is 2.38. The van der Waals surface area contributed by atoms with Crippen LogP contribution in [0.5, 0.6) is 0 Å². The highest BCUT2D eigenvalue weighted by atomic mass is 35.5. The van der Waals surface area contributed by atoms with Crippen molar-refractivity contribution in [1.82, 2.24) is 0 Å². The number of halogens is 2. The number of carbonyl (C=O) groups is 6. The Labute approximate surface area is 709 Å². The summed E-state index contributed by atoms with van der Waals surface area (Å²) in [6.07, 6.45) is 9.89. The molecule has 24 heteroatoms. The fourth-order valence-corrected chi connectivity index (χ4v) is 13.3. The van der Waals surface area contributed by atoms with E-state index in [1.54, 1.807) is 33.1 Å². The normalized spacial score (nSPS) is 14.5. The molecule has 0 N–H and O–H groups in total. The molecule has 110 heavy (non-hydrogen) atoms. The van der Waals surface area contributed by atoms with Gasteiger partial charge in [0.25, 0.3) is 0 Å². The Morgan fingerprint density at radius 1 is 0.564 bits per heavy atom. The number of thioether (sulfide) groups is 1. The quantitative estimate of drug-likeness (QED) is 0.0635. The lowest BCUT2D eigenvalue weighted by molar-refractivity contribution is -0.302. The largest absolute Gasteiger partial charge is 0.456 e. The molecule has 1 spiro atoms. The van der Waals surface area contributed by atoms with Gasteiger partial charge in [-0.15, -0.1) is 0 Å². The number of methoxy groups -OCH3 is 1. The number of rotatable bonds is 12. The number of hydrogen-bond acceptors (Lipinski definition) is 19. The molecule has 2 saturated heterocycles. The molecule has 0 aromatic heterocycles. The van der Waals surface area contributed by atoms with Gasteiger partial charge in [-0.1, -0.05) is 276 Å².